The van der Waals surface area contributed by atoms with Crippen LogP contribution in [0.2, 0.25) is 10.0 Å². The molecule has 0 aliphatic heterocycles. The Morgan fingerprint density at radius 1 is 1.20 bits per heavy atom. The third-order valence-electron chi connectivity index (χ3n) is 2.57. The highest BCUT2D eigenvalue weighted by atomic mass is 35.5. The average molecular weight is 319 g/mol. The first-order chi connectivity index (χ1) is 9.11. The molecule has 1 aromatic rings. The largest absolute Gasteiger partial charge is 0.480 e. The summed E-state index contributed by atoms with van der Waals surface area (Å²) in [5.41, 5.74) is -0.184. The summed E-state index contributed by atoms with van der Waals surface area (Å²) < 4.78 is 0. The Morgan fingerprint density at radius 2 is 1.80 bits per heavy atom. The summed E-state index contributed by atoms with van der Waals surface area (Å²) in [6, 6.07) is 2.96. The summed E-state index contributed by atoms with van der Waals surface area (Å²) in [5.74, 6) is -1.10. The van der Waals surface area contributed by atoms with Crippen molar-refractivity contribution in [1.82, 2.24) is 5.32 Å². The van der Waals surface area contributed by atoms with E-state index in [9.17, 15) is 9.59 Å². The molecule has 0 heterocycles. The number of nitrogens with one attached hydrogen (secondary N) is 2. The molecule has 110 valence electrons. The van der Waals surface area contributed by atoms with Gasteiger partial charge in [0, 0.05) is 5.69 Å². The second kappa shape index (κ2) is 6.33. The molecule has 3 N–H and O–H groups in total. The smallest absolute Gasteiger partial charge is 0.326 e. The van der Waals surface area contributed by atoms with Gasteiger partial charge >= 0.3 is 12.0 Å². The number of hydrogen-bond donors (Lipinski definition) is 3. The Balaban J connectivity index is 2.76. The Labute approximate surface area is 127 Å². The zero-order valence-electron chi connectivity index (χ0n) is 11.3. The summed E-state index contributed by atoms with van der Waals surface area (Å²) >= 11 is 11.6. The van der Waals surface area contributed by atoms with Crippen molar-refractivity contribution in [1.29, 1.82) is 0 Å². The second-order valence-corrected chi connectivity index (χ2v) is 6.18. The number of rotatable bonds is 3. The highest BCUT2D eigenvalue weighted by Crippen LogP contribution is 2.25. The maximum atomic E-state index is 11.8. The molecule has 0 unspecified atom stereocenters. The van der Waals surface area contributed by atoms with Crippen molar-refractivity contribution in [2.45, 2.75) is 26.8 Å². The summed E-state index contributed by atoms with van der Waals surface area (Å²) in [6.07, 6.45) is 0. The molecule has 0 aliphatic carbocycles. The van der Waals surface area contributed by atoms with Crippen molar-refractivity contribution in [2.75, 3.05) is 5.32 Å². The Bertz CT molecular complexity index is 527. The SMILES string of the molecule is CC(C)(C)[C@@H](NC(=O)Nc1ccc(Cl)c(Cl)c1)C(=O)O. The summed E-state index contributed by atoms with van der Waals surface area (Å²) in [6.45, 7) is 5.18. The van der Waals surface area contributed by atoms with Gasteiger partial charge in [0.1, 0.15) is 6.04 Å². The number of carbonyl (C=O) groups excluding carboxylic acids is 1. The van der Waals surface area contributed by atoms with E-state index in [0.717, 1.165) is 0 Å². The van der Waals surface area contributed by atoms with Crippen molar-refractivity contribution >= 4 is 40.9 Å². The number of urea groups is 1. The molecular weight excluding hydrogens is 303 g/mol. The minimum absolute atomic E-state index is 0.301. The maximum absolute atomic E-state index is 11.8. The first-order valence-electron chi connectivity index (χ1n) is 5.86. The third kappa shape index (κ3) is 4.58. The van der Waals surface area contributed by atoms with Crippen molar-refractivity contribution < 1.29 is 14.7 Å². The predicted octanol–water partition coefficient (Wildman–Crippen LogP) is 3.61. The van der Waals surface area contributed by atoms with Gasteiger partial charge in [-0.15, -0.1) is 0 Å². The first-order valence-corrected chi connectivity index (χ1v) is 6.62. The molecule has 2 amide bonds. The number of carboxylic acids is 1. The van der Waals surface area contributed by atoms with Crippen molar-refractivity contribution in [3.8, 4) is 0 Å². The van der Waals surface area contributed by atoms with Gasteiger partial charge in [-0.1, -0.05) is 44.0 Å². The fourth-order valence-corrected chi connectivity index (χ4v) is 1.82. The van der Waals surface area contributed by atoms with E-state index in [1.165, 1.54) is 12.1 Å². The third-order valence-corrected chi connectivity index (χ3v) is 3.30. The number of carbonyl (C=O) groups is 2. The van der Waals surface area contributed by atoms with E-state index in [-0.39, 0.29) is 0 Å². The van der Waals surface area contributed by atoms with Gasteiger partial charge in [-0.25, -0.2) is 9.59 Å². The van der Waals surface area contributed by atoms with Crippen LogP contribution in [0.15, 0.2) is 18.2 Å². The van der Waals surface area contributed by atoms with Crippen LogP contribution in [0.1, 0.15) is 20.8 Å². The minimum Gasteiger partial charge on any atom is -0.480 e. The van der Waals surface area contributed by atoms with Gasteiger partial charge in [-0.2, -0.15) is 0 Å². The van der Waals surface area contributed by atoms with Crippen LogP contribution < -0.4 is 10.6 Å². The molecule has 20 heavy (non-hydrogen) atoms. The number of benzene rings is 1. The summed E-state index contributed by atoms with van der Waals surface area (Å²) in [4.78, 5) is 23.0. The molecule has 0 saturated heterocycles. The molecule has 0 radical (unpaired) electrons. The van der Waals surface area contributed by atoms with Gasteiger partial charge < -0.3 is 15.7 Å². The monoisotopic (exact) mass is 318 g/mol. The number of amides is 2. The molecule has 7 heteroatoms. The van der Waals surface area contributed by atoms with Crippen molar-refractivity contribution in [3.63, 3.8) is 0 Å². The standard InChI is InChI=1S/C13H16Cl2N2O3/c1-13(2,3)10(11(18)19)17-12(20)16-7-4-5-8(14)9(15)6-7/h4-6,10H,1-3H3,(H,18,19)(H2,16,17,20)/t10-/m0/s1. The zero-order valence-corrected chi connectivity index (χ0v) is 12.8. The van der Waals surface area contributed by atoms with Crippen LogP contribution in [-0.4, -0.2) is 23.1 Å². The maximum Gasteiger partial charge on any atom is 0.326 e. The minimum atomic E-state index is -1.10. The molecule has 0 aromatic heterocycles. The van der Waals surface area contributed by atoms with E-state index in [1.54, 1.807) is 26.8 Å². The van der Waals surface area contributed by atoms with E-state index < -0.39 is 23.5 Å². The van der Waals surface area contributed by atoms with Gasteiger partial charge in [0.25, 0.3) is 0 Å². The molecule has 0 aliphatic rings. The lowest BCUT2D eigenvalue weighted by Gasteiger charge is -2.27. The van der Waals surface area contributed by atoms with Gasteiger partial charge in [-0.05, 0) is 23.6 Å². The van der Waals surface area contributed by atoms with Gasteiger partial charge in [-0.3, -0.25) is 0 Å². The average Bonchev–Trinajstić information content (AvgIpc) is 2.29. The molecular formula is C13H16Cl2N2O3. The number of aliphatic carboxylic acids is 1. The molecule has 1 atom stereocenters. The van der Waals surface area contributed by atoms with Crippen LogP contribution in [0.25, 0.3) is 0 Å². The normalized spacial score (nSPS) is 12.7. The topological polar surface area (TPSA) is 78.4 Å². The molecule has 0 spiro atoms. The van der Waals surface area contributed by atoms with E-state index >= 15 is 0 Å². The van der Waals surface area contributed by atoms with Gasteiger partial charge in [0.15, 0.2) is 0 Å². The van der Waals surface area contributed by atoms with Crippen molar-refractivity contribution in [2.24, 2.45) is 5.41 Å². The highest BCUT2D eigenvalue weighted by molar-refractivity contribution is 6.42. The lowest BCUT2D eigenvalue weighted by Crippen LogP contribution is -2.50. The Morgan fingerprint density at radius 3 is 2.25 bits per heavy atom. The molecule has 0 saturated carbocycles. The number of halogens is 2. The first kappa shape index (κ1) is 16.6. The zero-order chi connectivity index (χ0) is 15.5. The molecule has 0 fully saturated rings. The van der Waals surface area contributed by atoms with E-state index in [4.69, 9.17) is 28.3 Å². The quantitative estimate of drug-likeness (QED) is 0.796. The molecule has 5 nitrogen and oxygen atoms in total. The predicted molar refractivity (Wildman–Crippen MR) is 79.5 cm³/mol. The van der Waals surface area contributed by atoms with Gasteiger partial charge in [0.05, 0.1) is 10.0 Å². The lowest BCUT2D eigenvalue weighted by atomic mass is 9.87. The van der Waals surface area contributed by atoms with Gasteiger partial charge in [0.2, 0.25) is 0 Å². The van der Waals surface area contributed by atoms with E-state index in [0.29, 0.717) is 15.7 Å². The van der Waals surface area contributed by atoms with E-state index in [1.807, 2.05) is 0 Å². The van der Waals surface area contributed by atoms with Crippen LogP contribution in [0.4, 0.5) is 10.5 Å². The Kier molecular flexibility index (Phi) is 5.25. The van der Waals surface area contributed by atoms with Crippen LogP contribution in [0, 0.1) is 5.41 Å². The fraction of sp³-hybridized carbons (Fsp3) is 0.385. The second-order valence-electron chi connectivity index (χ2n) is 5.36. The highest BCUT2D eigenvalue weighted by Gasteiger charge is 2.32. The van der Waals surface area contributed by atoms with Crippen LogP contribution in [0.5, 0.6) is 0 Å². The molecule has 0 bridgehead atoms. The van der Waals surface area contributed by atoms with Crippen molar-refractivity contribution in [3.05, 3.63) is 28.2 Å². The van der Waals surface area contributed by atoms with E-state index in [2.05, 4.69) is 10.6 Å². The Hall–Kier alpha value is -1.46. The van der Waals surface area contributed by atoms with Crippen LogP contribution >= 0.6 is 23.2 Å². The van der Waals surface area contributed by atoms with Crippen LogP contribution in [0.3, 0.4) is 0 Å². The number of anilines is 1. The fourth-order valence-electron chi connectivity index (χ4n) is 1.52. The number of carboxylic acid groups (broad SMARTS) is 1. The van der Waals surface area contributed by atoms with Crippen LogP contribution in [-0.2, 0) is 4.79 Å². The summed E-state index contributed by atoms with van der Waals surface area (Å²) in [7, 11) is 0. The number of hydrogen-bond acceptors (Lipinski definition) is 2. The molecule has 1 rings (SSSR count). The lowest BCUT2D eigenvalue weighted by molar-refractivity contribution is -0.141. The molecule has 1 aromatic carbocycles. The summed E-state index contributed by atoms with van der Waals surface area (Å²) in [5, 5.41) is 14.7.